The van der Waals surface area contributed by atoms with Crippen LogP contribution < -0.4 is 0 Å². The molecule has 0 spiro atoms. The molecule has 0 atom stereocenters. The molecule has 1 aromatic heterocycles. The Balaban J connectivity index is 2.00. The van der Waals surface area contributed by atoms with E-state index in [9.17, 15) is 4.39 Å². The fraction of sp³-hybridized carbons (Fsp3) is 0.0667. The summed E-state index contributed by atoms with van der Waals surface area (Å²) in [6.45, 7) is 0. The van der Waals surface area contributed by atoms with Crippen molar-refractivity contribution in [1.82, 2.24) is 10.1 Å². The molecule has 0 aliphatic heterocycles. The molecule has 0 aliphatic carbocycles. The Kier molecular flexibility index (Phi) is 3.60. The lowest BCUT2D eigenvalue weighted by molar-refractivity contribution is 0.432. The summed E-state index contributed by atoms with van der Waals surface area (Å²) in [5, 5.41) is 4.65. The third-order valence-electron chi connectivity index (χ3n) is 2.92. The van der Waals surface area contributed by atoms with Crippen molar-refractivity contribution in [2.24, 2.45) is 0 Å². The Morgan fingerprint density at radius 2 is 1.80 bits per heavy atom. The molecule has 0 saturated heterocycles. The predicted molar refractivity (Wildman–Crippen MR) is 77.8 cm³/mol. The van der Waals surface area contributed by atoms with Gasteiger partial charge in [0.1, 0.15) is 5.82 Å². The standard InChI is InChI=1S/C15H10BrFN2O/c16-9-11-3-1-2-4-13(11)15-18-14(19-20-15)10-5-7-12(17)8-6-10/h1-8H,9H2. The molecular weight excluding hydrogens is 323 g/mol. The Hall–Kier alpha value is -2.01. The van der Waals surface area contributed by atoms with E-state index in [1.807, 2.05) is 24.3 Å². The van der Waals surface area contributed by atoms with Gasteiger partial charge in [0.05, 0.1) is 0 Å². The molecule has 5 heteroatoms. The van der Waals surface area contributed by atoms with Gasteiger partial charge in [-0.25, -0.2) is 4.39 Å². The van der Waals surface area contributed by atoms with Crippen molar-refractivity contribution in [1.29, 1.82) is 0 Å². The van der Waals surface area contributed by atoms with Gasteiger partial charge in [-0.3, -0.25) is 0 Å². The molecule has 3 aromatic rings. The van der Waals surface area contributed by atoms with Crippen molar-refractivity contribution in [3.05, 3.63) is 59.9 Å². The number of halogens is 2. The van der Waals surface area contributed by atoms with Crippen LogP contribution in [-0.2, 0) is 5.33 Å². The number of hydrogen-bond acceptors (Lipinski definition) is 3. The smallest absolute Gasteiger partial charge is 0.258 e. The minimum atomic E-state index is -0.290. The van der Waals surface area contributed by atoms with Gasteiger partial charge in [-0.2, -0.15) is 4.98 Å². The SMILES string of the molecule is Fc1ccc(-c2noc(-c3ccccc3CBr)n2)cc1. The number of benzene rings is 2. The highest BCUT2D eigenvalue weighted by molar-refractivity contribution is 9.08. The van der Waals surface area contributed by atoms with Gasteiger partial charge in [-0.05, 0) is 35.9 Å². The highest BCUT2D eigenvalue weighted by Crippen LogP contribution is 2.26. The first-order valence-corrected chi connectivity index (χ1v) is 7.14. The van der Waals surface area contributed by atoms with Gasteiger partial charge < -0.3 is 4.52 Å². The minimum Gasteiger partial charge on any atom is -0.334 e. The lowest BCUT2D eigenvalue weighted by Gasteiger charge is -2.00. The second-order valence-electron chi connectivity index (χ2n) is 4.22. The average molecular weight is 333 g/mol. The summed E-state index contributed by atoms with van der Waals surface area (Å²) in [6, 6.07) is 13.8. The van der Waals surface area contributed by atoms with E-state index in [0.29, 0.717) is 17.0 Å². The van der Waals surface area contributed by atoms with E-state index in [4.69, 9.17) is 4.52 Å². The fourth-order valence-electron chi connectivity index (χ4n) is 1.89. The van der Waals surface area contributed by atoms with Gasteiger partial charge in [0, 0.05) is 16.5 Å². The molecule has 3 rings (SSSR count). The van der Waals surface area contributed by atoms with Crippen molar-refractivity contribution in [3.63, 3.8) is 0 Å². The molecule has 0 saturated carbocycles. The molecule has 0 bridgehead atoms. The largest absolute Gasteiger partial charge is 0.334 e. The molecule has 1 heterocycles. The summed E-state index contributed by atoms with van der Waals surface area (Å²) in [7, 11) is 0. The van der Waals surface area contributed by atoms with E-state index >= 15 is 0 Å². The van der Waals surface area contributed by atoms with Gasteiger partial charge in [0.15, 0.2) is 0 Å². The molecule has 20 heavy (non-hydrogen) atoms. The number of aromatic nitrogens is 2. The zero-order chi connectivity index (χ0) is 13.9. The van der Waals surface area contributed by atoms with Crippen LogP contribution >= 0.6 is 15.9 Å². The molecule has 0 amide bonds. The van der Waals surface area contributed by atoms with Crippen LogP contribution in [0.25, 0.3) is 22.8 Å². The quantitative estimate of drug-likeness (QED) is 0.665. The second kappa shape index (κ2) is 5.54. The van der Waals surface area contributed by atoms with Crippen LogP contribution in [0.2, 0.25) is 0 Å². The summed E-state index contributed by atoms with van der Waals surface area (Å²) < 4.78 is 18.2. The topological polar surface area (TPSA) is 38.9 Å². The highest BCUT2D eigenvalue weighted by Gasteiger charge is 2.13. The maximum absolute atomic E-state index is 12.9. The zero-order valence-corrected chi connectivity index (χ0v) is 12.0. The average Bonchev–Trinajstić information content (AvgIpc) is 2.97. The van der Waals surface area contributed by atoms with Crippen molar-refractivity contribution in [2.75, 3.05) is 0 Å². The van der Waals surface area contributed by atoms with Gasteiger partial charge in [0.25, 0.3) is 5.89 Å². The van der Waals surface area contributed by atoms with E-state index in [0.717, 1.165) is 16.7 Å². The molecule has 3 nitrogen and oxygen atoms in total. The normalized spacial score (nSPS) is 10.7. The second-order valence-corrected chi connectivity index (χ2v) is 4.78. The number of hydrogen-bond donors (Lipinski definition) is 0. The van der Waals surface area contributed by atoms with E-state index in [-0.39, 0.29) is 5.82 Å². The van der Waals surface area contributed by atoms with Crippen molar-refractivity contribution < 1.29 is 8.91 Å². The Labute approximate surface area is 123 Å². The molecule has 100 valence electrons. The Bertz CT molecular complexity index is 725. The van der Waals surface area contributed by atoms with Crippen LogP contribution in [0.5, 0.6) is 0 Å². The minimum absolute atomic E-state index is 0.290. The summed E-state index contributed by atoms with van der Waals surface area (Å²) in [6.07, 6.45) is 0. The predicted octanol–water partition coefficient (Wildman–Crippen LogP) is 4.44. The van der Waals surface area contributed by atoms with Crippen molar-refractivity contribution in [3.8, 4) is 22.8 Å². The maximum atomic E-state index is 12.9. The number of alkyl halides is 1. The van der Waals surface area contributed by atoms with Crippen LogP contribution in [0.1, 0.15) is 5.56 Å². The van der Waals surface area contributed by atoms with E-state index < -0.39 is 0 Å². The molecule has 0 fully saturated rings. The maximum Gasteiger partial charge on any atom is 0.258 e. The molecule has 0 N–H and O–H groups in total. The molecule has 0 radical (unpaired) electrons. The molecule has 2 aromatic carbocycles. The molecule has 0 unspecified atom stereocenters. The van der Waals surface area contributed by atoms with Crippen LogP contribution in [-0.4, -0.2) is 10.1 Å². The van der Waals surface area contributed by atoms with Gasteiger partial charge >= 0.3 is 0 Å². The van der Waals surface area contributed by atoms with Gasteiger partial charge in [0.2, 0.25) is 5.82 Å². The van der Waals surface area contributed by atoms with Crippen molar-refractivity contribution in [2.45, 2.75) is 5.33 Å². The fourth-order valence-corrected chi connectivity index (χ4v) is 2.38. The third kappa shape index (κ3) is 2.49. The first-order valence-electron chi connectivity index (χ1n) is 6.02. The summed E-state index contributed by atoms with van der Waals surface area (Å²) in [5.41, 5.74) is 2.68. The zero-order valence-electron chi connectivity index (χ0n) is 10.4. The van der Waals surface area contributed by atoms with E-state index in [1.54, 1.807) is 12.1 Å². The summed E-state index contributed by atoms with van der Waals surface area (Å²) in [5.74, 6) is 0.617. The summed E-state index contributed by atoms with van der Waals surface area (Å²) in [4.78, 5) is 4.37. The Morgan fingerprint density at radius 3 is 2.55 bits per heavy atom. The number of rotatable bonds is 3. The van der Waals surface area contributed by atoms with Crippen LogP contribution in [0.15, 0.2) is 53.1 Å². The Morgan fingerprint density at radius 1 is 1.05 bits per heavy atom. The van der Waals surface area contributed by atoms with Crippen molar-refractivity contribution >= 4 is 15.9 Å². The first-order chi connectivity index (χ1) is 9.78. The lowest BCUT2D eigenvalue weighted by atomic mass is 10.1. The van der Waals surface area contributed by atoms with Crippen LogP contribution in [0, 0.1) is 5.82 Å². The first kappa shape index (κ1) is 13.0. The van der Waals surface area contributed by atoms with Crippen LogP contribution in [0.4, 0.5) is 4.39 Å². The molecular formula is C15H10BrFN2O. The molecule has 0 aliphatic rings. The van der Waals surface area contributed by atoms with E-state index in [1.165, 1.54) is 12.1 Å². The number of nitrogens with zero attached hydrogens (tertiary/aromatic N) is 2. The van der Waals surface area contributed by atoms with Crippen LogP contribution in [0.3, 0.4) is 0 Å². The highest BCUT2D eigenvalue weighted by atomic mass is 79.9. The lowest BCUT2D eigenvalue weighted by Crippen LogP contribution is -1.86. The summed E-state index contributed by atoms with van der Waals surface area (Å²) >= 11 is 3.43. The van der Waals surface area contributed by atoms with Gasteiger partial charge in [-0.1, -0.05) is 39.3 Å². The van der Waals surface area contributed by atoms with E-state index in [2.05, 4.69) is 26.1 Å². The van der Waals surface area contributed by atoms with Gasteiger partial charge in [-0.15, -0.1) is 0 Å². The monoisotopic (exact) mass is 332 g/mol. The third-order valence-corrected chi connectivity index (χ3v) is 3.52.